The van der Waals surface area contributed by atoms with Crippen molar-refractivity contribution in [3.63, 3.8) is 0 Å². The number of ether oxygens (including phenoxy) is 4. The number of aliphatic hydroxyl groups is 1. The third-order valence-electron chi connectivity index (χ3n) is 6.65. The summed E-state index contributed by atoms with van der Waals surface area (Å²) in [6.07, 6.45) is 3.94. The van der Waals surface area contributed by atoms with Gasteiger partial charge in [-0.15, -0.1) is 0 Å². The zero-order valence-corrected chi connectivity index (χ0v) is 23.9. The van der Waals surface area contributed by atoms with Crippen LogP contribution in [0.5, 0.6) is 17.2 Å². The van der Waals surface area contributed by atoms with E-state index in [9.17, 15) is 24.9 Å². The summed E-state index contributed by atoms with van der Waals surface area (Å²) in [6, 6.07) is 1.19. The molecule has 0 unspecified atom stereocenters. The summed E-state index contributed by atoms with van der Waals surface area (Å²) in [6.45, 7) is 6.86. The molecule has 1 aromatic carbocycles. The maximum Gasteiger partial charge on any atom is 0.405 e. The molecule has 11 heteroatoms. The lowest BCUT2D eigenvalue weighted by atomic mass is 9.91. The number of aliphatic hydroxyl groups excluding tert-OH is 1. The molecule has 2 bridgehead atoms. The quantitative estimate of drug-likeness (QED) is 0.209. The fourth-order valence-corrected chi connectivity index (χ4v) is 4.47. The molecule has 1 aliphatic rings. The van der Waals surface area contributed by atoms with Crippen molar-refractivity contribution in [1.82, 2.24) is 0 Å². The van der Waals surface area contributed by atoms with Gasteiger partial charge in [0.2, 0.25) is 0 Å². The fourth-order valence-electron chi connectivity index (χ4n) is 4.47. The Hall–Kier alpha value is -3.80. The van der Waals surface area contributed by atoms with E-state index >= 15 is 0 Å². The number of carbonyl (C=O) groups is 2. The highest BCUT2D eigenvalue weighted by atomic mass is 16.6. The molecule has 0 spiro atoms. The average Bonchev–Trinajstić information content (AvgIpc) is 2.90. The fraction of sp³-hybridized carbons (Fsp3) is 0.448. The lowest BCUT2D eigenvalue weighted by molar-refractivity contribution is -0.112. The Kier molecular flexibility index (Phi) is 11.8. The molecule has 11 nitrogen and oxygen atoms in total. The highest BCUT2D eigenvalue weighted by Crippen LogP contribution is 2.43. The van der Waals surface area contributed by atoms with Crippen LogP contribution >= 0.6 is 0 Å². The zero-order valence-electron chi connectivity index (χ0n) is 23.9. The van der Waals surface area contributed by atoms with Crippen molar-refractivity contribution in [2.75, 3.05) is 26.6 Å². The van der Waals surface area contributed by atoms with Crippen LogP contribution in [-0.2, 0) is 19.0 Å². The standard InChI is InChI=1S/C29H40N2O9/c1-15-11-19-25(34)20(14-21(32)27(19)39-7)31-28(35)16(2)9-8-10-22(37-5)26(40-29(30)36)18(4)13-17(3)24(33)23(12-15)38-6/h8-11,13-14,17,22-24,26,32-34H,12H2,1-7H3,(H2,30,36)(H,31,35)/b10-8+,15-11+,16-9?,18-13?/t17-,22-,23-,24+,26-/m0/s1. The molecule has 1 aliphatic heterocycles. The maximum atomic E-state index is 12.9. The van der Waals surface area contributed by atoms with Gasteiger partial charge in [0.05, 0.1) is 30.6 Å². The molecule has 0 saturated carbocycles. The van der Waals surface area contributed by atoms with E-state index in [2.05, 4.69) is 5.32 Å². The summed E-state index contributed by atoms with van der Waals surface area (Å²) in [5.41, 5.74) is 6.98. The maximum absolute atomic E-state index is 12.9. The molecule has 0 saturated heterocycles. The molecule has 2 amide bonds. The smallest absolute Gasteiger partial charge is 0.405 e. The highest BCUT2D eigenvalue weighted by molar-refractivity contribution is 6.05. The van der Waals surface area contributed by atoms with Crippen molar-refractivity contribution in [2.45, 2.75) is 58.5 Å². The molecule has 220 valence electrons. The molecule has 1 heterocycles. The minimum absolute atomic E-state index is 0.0171. The predicted octanol–water partition coefficient (Wildman–Crippen LogP) is 3.79. The molecule has 6 N–H and O–H groups in total. The number of fused-ring (bicyclic) bond motifs is 2. The van der Waals surface area contributed by atoms with Gasteiger partial charge in [0, 0.05) is 31.8 Å². The van der Waals surface area contributed by atoms with E-state index in [0.717, 1.165) is 0 Å². The number of anilines is 1. The second kappa shape index (κ2) is 14.5. The Bertz CT molecular complexity index is 1200. The van der Waals surface area contributed by atoms with E-state index in [1.807, 2.05) is 0 Å². The van der Waals surface area contributed by atoms with Gasteiger partial charge in [-0.2, -0.15) is 0 Å². The van der Waals surface area contributed by atoms with Crippen LogP contribution < -0.4 is 15.8 Å². The van der Waals surface area contributed by atoms with Crippen LogP contribution in [0.3, 0.4) is 0 Å². The molecule has 40 heavy (non-hydrogen) atoms. The van der Waals surface area contributed by atoms with E-state index in [1.165, 1.54) is 33.5 Å². The summed E-state index contributed by atoms with van der Waals surface area (Å²) in [7, 11) is 4.25. The van der Waals surface area contributed by atoms with Crippen LogP contribution in [0.2, 0.25) is 0 Å². The molecule has 0 aliphatic carbocycles. The Morgan fingerprint density at radius 1 is 1.12 bits per heavy atom. The van der Waals surface area contributed by atoms with E-state index < -0.39 is 42.3 Å². The molecular weight excluding hydrogens is 520 g/mol. The Morgan fingerprint density at radius 2 is 1.80 bits per heavy atom. The summed E-state index contributed by atoms with van der Waals surface area (Å²) < 4.78 is 21.8. The van der Waals surface area contributed by atoms with Crippen molar-refractivity contribution in [1.29, 1.82) is 0 Å². The van der Waals surface area contributed by atoms with Gasteiger partial charge < -0.3 is 45.3 Å². The number of hydrogen-bond acceptors (Lipinski definition) is 9. The molecule has 0 aromatic heterocycles. The van der Waals surface area contributed by atoms with Crippen LogP contribution in [0.4, 0.5) is 10.5 Å². The first-order valence-corrected chi connectivity index (χ1v) is 12.7. The third-order valence-corrected chi connectivity index (χ3v) is 6.65. The number of phenolic OH excluding ortho intramolecular Hbond substituents is 2. The van der Waals surface area contributed by atoms with Gasteiger partial charge in [-0.25, -0.2) is 4.79 Å². The van der Waals surface area contributed by atoms with Crippen molar-refractivity contribution >= 4 is 23.8 Å². The van der Waals surface area contributed by atoms with Gasteiger partial charge in [0.1, 0.15) is 11.9 Å². The number of amides is 2. The minimum Gasteiger partial charge on any atom is -0.505 e. The summed E-state index contributed by atoms with van der Waals surface area (Å²) in [5, 5.41) is 35.3. The third kappa shape index (κ3) is 8.10. The SMILES string of the molecule is COc1c(O)cc2c(O)c1/C=C(\C)C[C@H](OC)[C@H](O)[C@@H](C)C=C(C)[C@H](OC(N)=O)[C@@H](OC)/C=C/C=C(C)C(=O)N2. The van der Waals surface area contributed by atoms with Gasteiger partial charge in [0.25, 0.3) is 5.91 Å². The van der Waals surface area contributed by atoms with Gasteiger partial charge in [-0.05, 0) is 38.8 Å². The number of rotatable bonds is 4. The molecule has 0 fully saturated rings. The van der Waals surface area contributed by atoms with Crippen LogP contribution in [-0.4, -0.2) is 73.1 Å². The largest absolute Gasteiger partial charge is 0.505 e. The highest BCUT2D eigenvalue weighted by Gasteiger charge is 2.29. The van der Waals surface area contributed by atoms with E-state index in [1.54, 1.807) is 52.0 Å². The molecule has 0 radical (unpaired) electrons. The van der Waals surface area contributed by atoms with Gasteiger partial charge >= 0.3 is 6.09 Å². The van der Waals surface area contributed by atoms with Gasteiger partial charge in [-0.3, -0.25) is 4.79 Å². The Labute approximate surface area is 234 Å². The van der Waals surface area contributed by atoms with Crippen LogP contribution in [0.1, 0.15) is 39.7 Å². The van der Waals surface area contributed by atoms with E-state index in [-0.39, 0.29) is 40.5 Å². The summed E-state index contributed by atoms with van der Waals surface area (Å²) in [4.78, 5) is 24.6. The van der Waals surface area contributed by atoms with Crippen molar-refractivity contribution in [3.05, 3.63) is 52.7 Å². The topological polar surface area (TPSA) is 170 Å². The number of primary amides is 1. The molecule has 5 atom stereocenters. The van der Waals surface area contributed by atoms with Crippen LogP contribution in [0.25, 0.3) is 6.08 Å². The number of phenols is 2. The number of nitrogens with two attached hydrogens (primary N) is 1. The molecular formula is C29H40N2O9. The molecule has 1 aromatic rings. The monoisotopic (exact) mass is 560 g/mol. The number of aromatic hydroxyl groups is 2. The van der Waals surface area contributed by atoms with Crippen LogP contribution in [0, 0.1) is 5.92 Å². The van der Waals surface area contributed by atoms with Crippen LogP contribution in [0.15, 0.2) is 47.1 Å². The van der Waals surface area contributed by atoms with Crippen molar-refractivity contribution < 1.29 is 43.9 Å². The second-order valence-electron chi connectivity index (χ2n) is 9.71. The van der Waals surface area contributed by atoms with Crippen molar-refractivity contribution in [3.8, 4) is 17.2 Å². The van der Waals surface area contributed by atoms with Gasteiger partial charge in [-0.1, -0.05) is 36.8 Å². The number of benzene rings is 1. The van der Waals surface area contributed by atoms with E-state index in [4.69, 9.17) is 24.7 Å². The van der Waals surface area contributed by atoms with E-state index in [0.29, 0.717) is 11.1 Å². The predicted molar refractivity (Wildman–Crippen MR) is 151 cm³/mol. The molecule has 2 rings (SSSR count). The van der Waals surface area contributed by atoms with Crippen molar-refractivity contribution in [2.24, 2.45) is 11.7 Å². The van der Waals surface area contributed by atoms with Gasteiger partial charge in [0.15, 0.2) is 17.6 Å². The lowest BCUT2D eigenvalue weighted by Crippen LogP contribution is -2.36. The minimum atomic E-state index is -0.998. The summed E-state index contributed by atoms with van der Waals surface area (Å²) >= 11 is 0. The second-order valence-corrected chi connectivity index (χ2v) is 9.71. The lowest BCUT2D eigenvalue weighted by Gasteiger charge is -2.28. The summed E-state index contributed by atoms with van der Waals surface area (Å²) in [5.74, 6) is -1.57. The first kappa shape index (κ1) is 32.4. The normalized spacial score (nSPS) is 26.9. The Balaban J connectivity index is 2.72. The number of nitrogens with one attached hydrogen (secondary N) is 1. The number of hydrogen-bond donors (Lipinski definition) is 5. The average molecular weight is 561 g/mol. The zero-order chi connectivity index (χ0) is 30.1. The first-order valence-electron chi connectivity index (χ1n) is 12.7. The Morgan fingerprint density at radius 3 is 2.38 bits per heavy atom. The number of allylic oxidation sites excluding steroid dienone is 2. The number of carbonyl (C=O) groups excluding carboxylic acids is 2. The first-order chi connectivity index (χ1) is 18.8. The number of methoxy groups -OCH3 is 3.